The summed E-state index contributed by atoms with van der Waals surface area (Å²) in [5.74, 6) is 0.00176. The fourth-order valence-electron chi connectivity index (χ4n) is 1.69. The van der Waals surface area contributed by atoms with Gasteiger partial charge in [-0.05, 0) is 25.7 Å². The lowest BCUT2D eigenvalue weighted by Crippen LogP contribution is -2.22. The maximum absolute atomic E-state index is 11.5. The van der Waals surface area contributed by atoms with Crippen molar-refractivity contribution >= 4 is 5.97 Å². The van der Waals surface area contributed by atoms with Gasteiger partial charge in [0.2, 0.25) is 0 Å². The highest BCUT2D eigenvalue weighted by Gasteiger charge is 2.20. The largest absolute Gasteiger partial charge is 0.463 e. The maximum atomic E-state index is 11.5. The van der Waals surface area contributed by atoms with Crippen molar-refractivity contribution in [3.05, 3.63) is 0 Å². The Morgan fingerprint density at radius 2 is 2.21 bits per heavy atom. The summed E-state index contributed by atoms with van der Waals surface area (Å²) in [4.78, 5) is 11.5. The first-order chi connectivity index (χ1) is 6.77. The molecule has 0 spiro atoms. The standard InChI is InChI=1S/C11H20O3/c1-3-9(4-2)11(12)14-8-10-6-5-7-13-10/h9-10H,3-8H2,1-2H3. The van der Waals surface area contributed by atoms with Gasteiger partial charge in [-0.25, -0.2) is 0 Å². The Kier molecular flexibility index (Phi) is 4.94. The molecule has 3 heteroatoms. The molecule has 14 heavy (non-hydrogen) atoms. The first-order valence-electron chi connectivity index (χ1n) is 5.56. The number of rotatable bonds is 5. The topological polar surface area (TPSA) is 35.5 Å². The predicted octanol–water partition coefficient (Wildman–Crippen LogP) is 2.14. The van der Waals surface area contributed by atoms with Gasteiger partial charge in [-0.15, -0.1) is 0 Å². The Bertz CT molecular complexity index is 169. The van der Waals surface area contributed by atoms with Crippen LogP contribution in [0.3, 0.4) is 0 Å². The third kappa shape index (κ3) is 3.29. The first kappa shape index (κ1) is 11.5. The zero-order valence-electron chi connectivity index (χ0n) is 9.12. The molecule has 0 aromatic rings. The fourth-order valence-corrected chi connectivity index (χ4v) is 1.69. The summed E-state index contributed by atoms with van der Waals surface area (Å²) >= 11 is 0. The molecule has 0 aromatic heterocycles. The highest BCUT2D eigenvalue weighted by atomic mass is 16.6. The van der Waals surface area contributed by atoms with E-state index in [9.17, 15) is 4.79 Å². The van der Waals surface area contributed by atoms with Crippen molar-refractivity contribution in [2.45, 2.75) is 45.6 Å². The van der Waals surface area contributed by atoms with E-state index in [1.165, 1.54) is 0 Å². The van der Waals surface area contributed by atoms with E-state index in [1.807, 2.05) is 13.8 Å². The Morgan fingerprint density at radius 1 is 1.50 bits per heavy atom. The zero-order chi connectivity index (χ0) is 10.4. The summed E-state index contributed by atoms with van der Waals surface area (Å²) in [6.07, 6.45) is 3.98. The van der Waals surface area contributed by atoms with E-state index < -0.39 is 0 Å². The molecule has 0 aromatic carbocycles. The van der Waals surface area contributed by atoms with E-state index in [-0.39, 0.29) is 18.0 Å². The molecule has 1 rings (SSSR count). The average molecular weight is 200 g/mol. The molecule has 1 aliphatic heterocycles. The number of carbonyl (C=O) groups is 1. The van der Waals surface area contributed by atoms with Crippen LogP contribution in [0.4, 0.5) is 0 Å². The van der Waals surface area contributed by atoms with Gasteiger partial charge in [-0.1, -0.05) is 13.8 Å². The number of hydrogen-bond donors (Lipinski definition) is 0. The Hall–Kier alpha value is -0.570. The van der Waals surface area contributed by atoms with Crippen LogP contribution < -0.4 is 0 Å². The third-order valence-corrected chi connectivity index (χ3v) is 2.75. The van der Waals surface area contributed by atoms with E-state index >= 15 is 0 Å². The fraction of sp³-hybridized carbons (Fsp3) is 0.909. The van der Waals surface area contributed by atoms with Gasteiger partial charge in [0.05, 0.1) is 12.0 Å². The molecule has 1 fully saturated rings. The van der Waals surface area contributed by atoms with Crippen molar-refractivity contribution in [3.63, 3.8) is 0 Å². The molecule has 1 heterocycles. The van der Waals surface area contributed by atoms with Crippen LogP contribution in [0.15, 0.2) is 0 Å². The molecule has 0 amide bonds. The van der Waals surface area contributed by atoms with Crippen LogP contribution in [0.25, 0.3) is 0 Å². The lowest BCUT2D eigenvalue weighted by molar-refractivity contribution is -0.152. The normalized spacial score (nSPS) is 21.5. The zero-order valence-corrected chi connectivity index (χ0v) is 9.12. The van der Waals surface area contributed by atoms with Crippen LogP contribution in [0.5, 0.6) is 0 Å². The summed E-state index contributed by atoms with van der Waals surface area (Å²) in [5.41, 5.74) is 0. The van der Waals surface area contributed by atoms with Crippen molar-refractivity contribution in [1.82, 2.24) is 0 Å². The van der Waals surface area contributed by atoms with Gasteiger partial charge in [-0.3, -0.25) is 4.79 Å². The van der Waals surface area contributed by atoms with Crippen molar-refractivity contribution < 1.29 is 14.3 Å². The van der Waals surface area contributed by atoms with Crippen LogP contribution in [0.1, 0.15) is 39.5 Å². The number of carbonyl (C=O) groups excluding carboxylic acids is 1. The van der Waals surface area contributed by atoms with Crippen molar-refractivity contribution in [1.29, 1.82) is 0 Å². The molecule has 0 bridgehead atoms. The van der Waals surface area contributed by atoms with E-state index in [0.29, 0.717) is 6.61 Å². The number of hydrogen-bond acceptors (Lipinski definition) is 3. The first-order valence-corrected chi connectivity index (χ1v) is 5.56. The maximum Gasteiger partial charge on any atom is 0.308 e. The van der Waals surface area contributed by atoms with Gasteiger partial charge in [0.15, 0.2) is 0 Å². The van der Waals surface area contributed by atoms with Crippen LogP contribution >= 0.6 is 0 Å². The average Bonchev–Trinajstić information content (AvgIpc) is 2.69. The van der Waals surface area contributed by atoms with Crippen LogP contribution in [-0.2, 0) is 14.3 Å². The van der Waals surface area contributed by atoms with E-state index in [1.54, 1.807) is 0 Å². The molecular formula is C11H20O3. The predicted molar refractivity (Wildman–Crippen MR) is 54.0 cm³/mol. The molecule has 1 unspecified atom stereocenters. The molecule has 0 saturated carbocycles. The van der Waals surface area contributed by atoms with Gasteiger partial charge in [-0.2, -0.15) is 0 Å². The molecule has 82 valence electrons. The summed E-state index contributed by atoms with van der Waals surface area (Å²) in [6, 6.07) is 0. The monoisotopic (exact) mass is 200 g/mol. The van der Waals surface area contributed by atoms with E-state index in [4.69, 9.17) is 9.47 Å². The van der Waals surface area contributed by atoms with E-state index in [2.05, 4.69) is 0 Å². The quantitative estimate of drug-likeness (QED) is 0.638. The van der Waals surface area contributed by atoms with Crippen LogP contribution in [0, 0.1) is 5.92 Å². The Balaban J connectivity index is 2.18. The molecule has 1 atom stereocenters. The molecule has 1 aliphatic rings. The molecular weight excluding hydrogens is 180 g/mol. The Morgan fingerprint density at radius 3 is 2.71 bits per heavy atom. The van der Waals surface area contributed by atoms with Crippen LogP contribution in [-0.4, -0.2) is 25.3 Å². The minimum atomic E-state index is -0.0644. The number of esters is 1. The lowest BCUT2D eigenvalue weighted by atomic mass is 10.0. The SMILES string of the molecule is CCC(CC)C(=O)OCC1CCCO1. The number of ether oxygens (including phenoxy) is 2. The van der Waals surface area contributed by atoms with Crippen molar-refractivity contribution in [3.8, 4) is 0 Å². The Labute approximate surface area is 85.8 Å². The minimum Gasteiger partial charge on any atom is -0.463 e. The van der Waals surface area contributed by atoms with Crippen molar-refractivity contribution in [2.24, 2.45) is 5.92 Å². The van der Waals surface area contributed by atoms with Gasteiger partial charge < -0.3 is 9.47 Å². The summed E-state index contributed by atoms with van der Waals surface area (Å²) in [7, 11) is 0. The molecule has 0 N–H and O–H groups in total. The highest BCUT2D eigenvalue weighted by molar-refractivity contribution is 5.72. The highest BCUT2D eigenvalue weighted by Crippen LogP contribution is 2.14. The summed E-state index contributed by atoms with van der Waals surface area (Å²) in [6.45, 7) is 5.28. The second-order valence-electron chi connectivity index (χ2n) is 3.78. The smallest absolute Gasteiger partial charge is 0.308 e. The lowest BCUT2D eigenvalue weighted by Gasteiger charge is -2.14. The second-order valence-corrected chi connectivity index (χ2v) is 3.78. The van der Waals surface area contributed by atoms with Gasteiger partial charge in [0.25, 0.3) is 0 Å². The van der Waals surface area contributed by atoms with Crippen LogP contribution in [0.2, 0.25) is 0 Å². The molecule has 0 radical (unpaired) electrons. The van der Waals surface area contributed by atoms with Crippen molar-refractivity contribution in [2.75, 3.05) is 13.2 Å². The van der Waals surface area contributed by atoms with Gasteiger partial charge >= 0.3 is 5.97 Å². The van der Waals surface area contributed by atoms with Gasteiger partial charge in [0, 0.05) is 6.61 Å². The molecule has 0 aliphatic carbocycles. The molecule has 3 nitrogen and oxygen atoms in total. The third-order valence-electron chi connectivity index (χ3n) is 2.75. The minimum absolute atomic E-state index is 0.0644. The molecule has 1 saturated heterocycles. The summed E-state index contributed by atoms with van der Waals surface area (Å²) < 4.78 is 10.6. The summed E-state index contributed by atoms with van der Waals surface area (Å²) in [5, 5.41) is 0. The van der Waals surface area contributed by atoms with Gasteiger partial charge in [0.1, 0.15) is 6.61 Å². The van der Waals surface area contributed by atoms with E-state index in [0.717, 1.165) is 32.3 Å². The second kappa shape index (κ2) is 6.02.